The van der Waals surface area contributed by atoms with Gasteiger partial charge in [0.25, 0.3) is 5.91 Å². The molecule has 0 spiro atoms. The summed E-state index contributed by atoms with van der Waals surface area (Å²) in [6.07, 6.45) is 2.73. The lowest BCUT2D eigenvalue weighted by Crippen LogP contribution is -2.41. The van der Waals surface area contributed by atoms with Crippen LogP contribution in [0.2, 0.25) is 0 Å². The van der Waals surface area contributed by atoms with Crippen LogP contribution in [0, 0.1) is 0 Å². The van der Waals surface area contributed by atoms with Crippen LogP contribution in [0.25, 0.3) is 0 Å². The molecule has 1 atom stereocenters. The Labute approximate surface area is 159 Å². The first-order valence-electron chi connectivity index (χ1n) is 9.05. The highest BCUT2D eigenvalue weighted by Gasteiger charge is 2.31. The van der Waals surface area contributed by atoms with Crippen molar-refractivity contribution in [1.82, 2.24) is 4.31 Å². The van der Waals surface area contributed by atoms with E-state index in [1.54, 1.807) is 36.4 Å². The monoisotopic (exact) mass is 388 g/mol. The predicted molar refractivity (Wildman–Crippen MR) is 104 cm³/mol. The van der Waals surface area contributed by atoms with Crippen molar-refractivity contribution in [2.75, 3.05) is 11.9 Å². The first-order chi connectivity index (χ1) is 12.9. The number of benzene rings is 2. The normalized spacial score (nSPS) is 18.2. The quantitative estimate of drug-likeness (QED) is 0.824. The zero-order valence-electron chi connectivity index (χ0n) is 15.3. The smallest absolute Gasteiger partial charge is 0.255 e. The fourth-order valence-corrected chi connectivity index (χ4v) is 5.06. The van der Waals surface area contributed by atoms with Crippen molar-refractivity contribution in [3.05, 3.63) is 59.7 Å². The molecule has 6 nitrogen and oxygen atoms in total. The van der Waals surface area contributed by atoms with Crippen molar-refractivity contribution in [2.45, 2.75) is 43.7 Å². The summed E-state index contributed by atoms with van der Waals surface area (Å²) in [6.45, 7) is 2.31. The fourth-order valence-electron chi connectivity index (χ4n) is 3.31. The molecule has 27 heavy (non-hydrogen) atoms. The summed E-state index contributed by atoms with van der Waals surface area (Å²) in [5.41, 5.74) is 1.50. The predicted octanol–water partition coefficient (Wildman–Crippen LogP) is 2.99. The first-order valence-corrected chi connectivity index (χ1v) is 10.5. The van der Waals surface area contributed by atoms with Crippen LogP contribution in [0.4, 0.5) is 5.69 Å². The number of hydrogen-bond acceptors (Lipinski definition) is 4. The molecule has 1 fully saturated rings. The van der Waals surface area contributed by atoms with E-state index in [4.69, 9.17) is 0 Å². The van der Waals surface area contributed by atoms with Gasteiger partial charge in [0.2, 0.25) is 10.0 Å². The van der Waals surface area contributed by atoms with Gasteiger partial charge in [0.1, 0.15) is 0 Å². The maximum absolute atomic E-state index is 13.0. The number of carbonyl (C=O) groups is 1. The Kier molecular flexibility index (Phi) is 5.94. The molecule has 0 bridgehead atoms. The molecule has 1 saturated heterocycles. The van der Waals surface area contributed by atoms with E-state index in [-0.39, 0.29) is 23.1 Å². The molecule has 2 aromatic rings. The van der Waals surface area contributed by atoms with Gasteiger partial charge in [0.15, 0.2) is 0 Å². The Bertz CT molecular complexity index is 927. The van der Waals surface area contributed by atoms with Gasteiger partial charge in [-0.25, -0.2) is 8.42 Å². The van der Waals surface area contributed by atoms with E-state index in [1.165, 1.54) is 16.4 Å². The average Bonchev–Trinajstić information content (AvgIpc) is 2.68. The minimum Gasteiger partial charge on any atom is -0.392 e. The van der Waals surface area contributed by atoms with Crippen molar-refractivity contribution < 1.29 is 18.3 Å². The van der Waals surface area contributed by atoms with Crippen molar-refractivity contribution in [2.24, 2.45) is 0 Å². The van der Waals surface area contributed by atoms with Gasteiger partial charge >= 0.3 is 0 Å². The number of sulfonamides is 1. The van der Waals surface area contributed by atoms with E-state index in [2.05, 4.69) is 5.32 Å². The molecule has 0 unspecified atom stereocenters. The maximum Gasteiger partial charge on any atom is 0.255 e. The Morgan fingerprint density at radius 2 is 1.96 bits per heavy atom. The van der Waals surface area contributed by atoms with Gasteiger partial charge in [-0.05, 0) is 55.7 Å². The molecule has 0 aromatic heterocycles. The van der Waals surface area contributed by atoms with Gasteiger partial charge in [-0.2, -0.15) is 4.31 Å². The number of anilines is 1. The van der Waals surface area contributed by atoms with E-state index in [9.17, 15) is 18.3 Å². The maximum atomic E-state index is 13.0. The minimum absolute atomic E-state index is 0.0394. The molecule has 1 aliphatic rings. The third-order valence-electron chi connectivity index (χ3n) is 4.81. The summed E-state index contributed by atoms with van der Waals surface area (Å²) >= 11 is 0. The van der Waals surface area contributed by atoms with Crippen LogP contribution in [-0.2, 0) is 16.6 Å². The molecule has 2 aromatic carbocycles. The Balaban J connectivity index is 1.83. The molecule has 3 rings (SSSR count). The third-order valence-corrected chi connectivity index (χ3v) is 6.82. The number of carbonyl (C=O) groups excluding carboxylic acids is 1. The molecule has 144 valence electrons. The van der Waals surface area contributed by atoms with E-state index in [0.29, 0.717) is 17.8 Å². The molecule has 1 heterocycles. The van der Waals surface area contributed by atoms with Crippen molar-refractivity contribution in [3.8, 4) is 0 Å². The summed E-state index contributed by atoms with van der Waals surface area (Å²) in [5, 5.41) is 11.9. The molecular weight excluding hydrogens is 364 g/mol. The Morgan fingerprint density at radius 3 is 2.70 bits per heavy atom. The number of nitrogens with zero attached hydrogens (tertiary/aromatic N) is 1. The molecule has 0 saturated carbocycles. The lowest BCUT2D eigenvalue weighted by atomic mass is 10.1. The van der Waals surface area contributed by atoms with Crippen LogP contribution in [0.1, 0.15) is 42.1 Å². The standard InChI is InChI=1S/C20H24N2O4S/c1-15-6-2-3-11-22(15)27(25,26)19-10-5-8-17(13-19)20(24)21-18-9-4-7-16(12-18)14-23/h4-5,7-10,12-13,15,23H,2-3,6,11,14H2,1H3,(H,21,24)/t15-/m1/s1. The molecule has 7 heteroatoms. The zero-order chi connectivity index (χ0) is 19.4. The van der Waals surface area contributed by atoms with Crippen LogP contribution < -0.4 is 5.32 Å². The number of rotatable bonds is 5. The van der Waals surface area contributed by atoms with Crippen molar-refractivity contribution in [1.29, 1.82) is 0 Å². The molecule has 0 radical (unpaired) electrons. The van der Waals surface area contributed by atoms with Gasteiger partial charge in [-0.1, -0.05) is 24.6 Å². The highest BCUT2D eigenvalue weighted by molar-refractivity contribution is 7.89. The third kappa shape index (κ3) is 4.37. The largest absolute Gasteiger partial charge is 0.392 e. The van der Waals surface area contributed by atoms with Crippen LogP contribution >= 0.6 is 0 Å². The SMILES string of the molecule is C[C@@H]1CCCCN1S(=O)(=O)c1cccc(C(=O)Nc2cccc(CO)c2)c1. The molecule has 1 amide bonds. The lowest BCUT2D eigenvalue weighted by Gasteiger charge is -2.32. The molecule has 2 N–H and O–H groups in total. The number of nitrogens with one attached hydrogen (secondary N) is 1. The second kappa shape index (κ2) is 8.21. The van der Waals surface area contributed by atoms with Gasteiger partial charge in [0.05, 0.1) is 11.5 Å². The van der Waals surface area contributed by atoms with Crippen molar-refractivity contribution in [3.63, 3.8) is 0 Å². The fraction of sp³-hybridized carbons (Fsp3) is 0.350. The number of hydrogen-bond donors (Lipinski definition) is 2. The molecular formula is C20H24N2O4S. The van der Waals surface area contributed by atoms with Crippen molar-refractivity contribution >= 4 is 21.6 Å². The second-order valence-corrected chi connectivity index (χ2v) is 8.69. The summed E-state index contributed by atoms with van der Waals surface area (Å²) in [4.78, 5) is 12.7. The van der Waals surface area contributed by atoms with Gasteiger partial charge < -0.3 is 10.4 Å². The van der Waals surface area contributed by atoms with E-state index >= 15 is 0 Å². The topological polar surface area (TPSA) is 86.7 Å². The first kappa shape index (κ1) is 19.5. The minimum atomic E-state index is -3.63. The molecule has 0 aliphatic carbocycles. The van der Waals surface area contributed by atoms with Gasteiger partial charge in [-0.15, -0.1) is 0 Å². The Hall–Kier alpha value is -2.22. The zero-order valence-corrected chi connectivity index (χ0v) is 16.1. The van der Waals surface area contributed by atoms with Gasteiger partial charge in [-0.3, -0.25) is 4.79 Å². The number of amides is 1. The summed E-state index contributed by atoms with van der Waals surface area (Å²) in [5.74, 6) is -0.395. The van der Waals surface area contributed by atoms with Crippen LogP contribution in [0.3, 0.4) is 0 Å². The van der Waals surface area contributed by atoms with Crippen LogP contribution in [0.5, 0.6) is 0 Å². The number of aliphatic hydroxyl groups excluding tert-OH is 1. The highest BCUT2D eigenvalue weighted by atomic mass is 32.2. The summed E-state index contributed by atoms with van der Waals surface area (Å²) < 4.78 is 27.5. The number of piperidine rings is 1. The van der Waals surface area contributed by atoms with E-state index in [1.807, 2.05) is 6.92 Å². The van der Waals surface area contributed by atoms with E-state index < -0.39 is 15.9 Å². The van der Waals surface area contributed by atoms with Gasteiger partial charge in [0, 0.05) is 23.8 Å². The summed E-state index contributed by atoms with van der Waals surface area (Å²) in [6, 6.07) is 13.0. The average molecular weight is 388 g/mol. The Morgan fingerprint density at radius 1 is 1.19 bits per heavy atom. The highest BCUT2D eigenvalue weighted by Crippen LogP contribution is 2.25. The number of aliphatic hydroxyl groups is 1. The lowest BCUT2D eigenvalue weighted by molar-refractivity contribution is 0.102. The second-order valence-electron chi connectivity index (χ2n) is 6.80. The van der Waals surface area contributed by atoms with Crippen LogP contribution in [0.15, 0.2) is 53.4 Å². The van der Waals surface area contributed by atoms with E-state index in [0.717, 1.165) is 19.3 Å². The summed E-state index contributed by atoms with van der Waals surface area (Å²) in [7, 11) is -3.63. The molecule has 1 aliphatic heterocycles. The van der Waals surface area contributed by atoms with Crippen LogP contribution in [-0.4, -0.2) is 36.3 Å².